The van der Waals surface area contributed by atoms with E-state index in [2.05, 4.69) is 0 Å². The number of anilines is 1. The predicted molar refractivity (Wildman–Crippen MR) is 78.6 cm³/mol. The first-order chi connectivity index (χ1) is 9.08. The number of hydrogen-bond acceptors (Lipinski definition) is 3. The first-order valence-corrected chi connectivity index (χ1v) is 6.86. The number of benzene rings is 2. The number of nitrogen functional groups attached to an aromatic ring is 1. The molecule has 4 heteroatoms. The van der Waals surface area contributed by atoms with Crippen molar-refractivity contribution in [1.82, 2.24) is 0 Å². The predicted octanol–water partition coefficient (Wildman–Crippen LogP) is 3.57. The summed E-state index contributed by atoms with van der Waals surface area (Å²) in [5.74, 6) is -0.302. The van der Waals surface area contributed by atoms with Gasteiger partial charge in [-0.1, -0.05) is 24.3 Å². The number of rotatable bonds is 4. The van der Waals surface area contributed by atoms with E-state index in [1.165, 1.54) is 0 Å². The molecule has 0 aromatic heterocycles. The standard InChI is InChI=1S/C15H15NO2S/c1-10-6-7-14(13(16)8-10)19-9-11-4-2-3-5-12(11)15(17)18/h2-8H,9,16H2,1H3,(H,17,18). The van der Waals surface area contributed by atoms with Crippen molar-refractivity contribution in [2.75, 3.05) is 5.73 Å². The lowest BCUT2D eigenvalue weighted by molar-refractivity contribution is 0.0696. The molecule has 98 valence electrons. The summed E-state index contributed by atoms with van der Waals surface area (Å²) in [5.41, 5.74) is 8.95. The van der Waals surface area contributed by atoms with Gasteiger partial charge in [0, 0.05) is 16.3 Å². The minimum absolute atomic E-state index is 0.348. The Morgan fingerprint density at radius 2 is 2.00 bits per heavy atom. The Morgan fingerprint density at radius 1 is 1.26 bits per heavy atom. The molecule has 2 aromatic rings. The Kier molecular flexibility index (Phi) is 4.12. The lowest BCUT2D eigenvalue weighted by atomic mass is 10.1. The number of carboxylic acid groups (broad SMARTS) is 1. The average Bonchev–Trinajstić information content (AvgIpc) is 2.38. The fraction of sp³-hybridized carbons (Fsp3) is 0.133. The fourth-order valence-corrected chi connectivity index (χ4v) is 2.76. The Morgan fingerprint density at radius 3 is 2.68 bits per heavy atom. The number of nitrogens with two attached hydrogens (primary N) is 1. The van der Waals surface area contributed by atoms with Gasteiger partial charge in [-0.2, -0.15) is 0 Å². The van der Waals surface area contributed by atoms with Crippen molar-refractivity contribution in [1.29, 1.82) is 0 Å². The van der Waals surface area contributed by atoms with E-state index in [9.17, 15) is 4.79 Å². The van der Waals surface area contributed by atoms with Gasteiger partial charge in [0.05, 0.1) is 5.56 Å². The van der Waals surface area contributed by atoms with Crippen LogP contribution < -0.4 is 5.73 Å². The first-order valence-electron chi connectivity index (χ1n) is 5.88. The average molecular weight is 273 g/mol. The van der Waals surface area contributed by atoms with Gasteiger partial charge in [0.15, 0.2) is 0 Å². The Bertz CT molecular complexity index is 611. The SMILES string of the molecule is Cc1ccc(SCc2ccccc2C(=O)O)c(N)c1. The van der Waals surface area contributed by atoms with E-state index < -0.39 is 5.97 Å². The van der Waals surface area contributed by atoms with Gasteiger partial charge in [-0.3, -0.25) is 0 Å². The highest BCUT2D eigenvalue weighted by Gasteiger charge is 2.09. The van der Waals surface area contributed by atoms with Crippen LogP contribution in [0.1, 0.15) is 21.5 Å². The molecule has 19 heavy (non-hydrogen) atoms. The molecular formula is C15H15NO2S. The highest BCUT2D eigenvalue weighted by molar-refractivity contribution is 7.98. The number of thioether (sulfide) groups is 1. The van der Waals surface area contributed by atoms with Gasteiger partial charge in [-0.15, -0.1) is 11.8 Å². The molecule has 0 aliphatic rings. The Balaban J connectivity index is 2.17. The molecule has 0 saturated heterocycles. The zero-order valence-electron chi connectivity index (χ0n) is 10.6. The summed E-state index contributed by atoms with van der Waals surface area (Å²) in [4.78, 5) is 12.1. The van der Waals surface area contributed by atoms with Crippen molar-refractivity contribution >= 4 is 23.4 Å². The van der Waals surface area contributed by atoms with Crippen molar-refractivity contribution in [3.63, 3.8) is 0 Å². The quantitative estimate of drug-likeness (QED) is 0.660. The molecule has 0 fully saturated rings. The Labute approximate surface area is 116 Å². The summed E-state index contributed by atoms with van der Waals surface area (Å²) in [7, 11) is 0. The van der Waals surface area contributed by atoms with E-state index >= 15 is 0 Å². The lowest BCUT2D eigenvalue weighted by Crippen LogP contribution is -2.01. The molecule has 0 radical (unpaired) electrons. The third-order valence-electron chi connectivity index (χ3n) is 2.80. The van der Waals surface area contributed by atoms with Crippen LogP contribution in [0.5, 0.6) is 0 Å². The van der Waals surface area contributed by atoms with Crippen LogP contribution in [0.2, 0.25) is 0 Å². The second kappa shape index (κ2) is 5.80. The van der Waals surface area contributed by atoms with E-state index in [1.807, 2.05) is 37.3 Å². The van der Waals surface area contributed by atoms with Crippen molar-refractivity contribution in [3.05, 3.63) is 59.2 Å². The number of hydrogen-bond donors (Lipinski definition) is 2. The number of aryl methyl sites for hydroxylation is 1. The van der Waals surface area contributed by atoms with Crippen molar-refractivity contribution in [2.24, 2.45) is 0 Å². The molecule has 2 rings (SSSR count). The molecule has 0 heterocycles. The van der Waals surface area contributed by atoms with Crippen LogP contribution in [0.3, 0.4) is 0 Å². The molecule has 0 bridgehead atoms. The topological polar surface area (TPSA) is 63.3 Å². The van der Waals surface area contributed by atoms with E-state index in [4.69, 9.17) is 10.8 Å². The summed E-state index contributed by atoms with van der Waals surface area (Å²) < 4.78 is 0. The maximum Gasteiger partial charge on any atom is 0.335 e. The molecule has 3 N–H and O–H groups in total. The maximum absolute atomic E-state index is 11.1. The largest absolute Gasteiger partial charge is 0.478 e. The van der Waals surface area contributed by atoms with Crippen LogP contribution in [0, 0.1) is 6.92 Å². The lowest BCUT2D eigenvalue weighted by Gasteiger charge is -2.08. The molecule has 0 aliphatic carbocycles. The summed E-state index contributed by atoms with van der Waals surface area (Å²) in [5, 5.41) is 9.12. The smallest absolute Gasteiger partial charge is 0.335 e. The maximum atomic E-state index is 11.1. The van der Waals surface area contributed by atoms with E-state index in [0.29, 0.717) is 11.3 Å². The third kappa shape index (κ3) is 3.29. The normalized spacial score (nSPS) is 10.4. The highest BCUT2D eigenvalue weighted by atomic mass is 32.2. The number of carbonyl (C=O) groups is 1. The summed E-state index contributed by atoms with van der Waals surface area (Å²) in [6.07, 6.45) is 0. The molecule has 0 unspecified atom stereocenters. The minimum atomic E-state index is -0.895. The van der Waals surface area contributed by atoms with Crippen LogP contribution >= 0.6 is 11.8 Å². The fourth-order valence-electron chi connectivity index (χ4n) is 1.81. The molecule has 2 aromatic carbocycles. The minimum Gasteiger partial charge on any atom is -0.478 e. The van der Waals surface area contributed by atoms with E-state index in [1.54, 1.807) is 23.9 Å². The molecule has 0 amide bonds. The third-order valence-corrected chi connectivity index (χ3v) is 3.93. The van der Waals surface area contributed by atoms with Crippen LogP contribution in [0.25, 0.3) is 0 Å². The first kappa shape index (κ1) is 13.5. The van der Waals surface area contributed by atoms with Gasteiger partial charge >= 0.3 is 5.97 Å². The van der Waals surface area contributed by atoms with Crippen molar-refractivity contribution < 1.29 is 9.90 Å². The van der Waals surface area contributed by atoms with Gasteiger partial charge in [0.2, 0.25) is 0 Å². The second-order valence-corrected chi connectivity index (χ2v) is 5.31. The van der Waals surface area contributed by atoms with Crippen LogP contribution in [-0.4, -0.2) is 11.1 Å². The Hall–Kier alpha value is -1.94. The van der Waals surface area contributed by atoms with Gasteiger partial charge in [0.25, 0.3) is 0 Å². The van der Waals surface area contributed by atoms with E-state index in [0.717, 1.165) is 21.7 Å². The molecule has 3 nitrogen and oxygen atoms in total. The van der Waals surface area contributed by atoms with Gasteiger partial charge < -0.3 is 10.8 Å². The highest BCUT2D eigenvalue weighted by Crippen LogP contribution is 2.29. The molecule has 0 saturated carbocycles. The van der Waals surface area contributed by atoms with Crippen LogP contribution in [0.4, 0.5) is 5.69 Å². The summed E-state index contributed by atoms with van der Waals surface area (Å²) >= 11 is 1.55. The zero-order chi connectivity index (χ0) is 13.8. The van der Waals surface area contributed by atoms with Gasteiger partial charge in [-0.25, -0.2) is 4.79 Å². The number of carboxylic acids is 1. The van der Waals surface area contributed by atoms with Gasteiger partial charge in [-0.05, 0) is 36.2 Å². The van der Waals surface area contributed by atoms with Crippen LogP contribution in [-0.2, 0) is 5.75 Å². The van der Waals surface area contributed by atoms with Crippen molar-refractivity contribution in [3.8, 4) is 0 Å². The number of aromatic carboxylic acids is 1. The van der Waals surface area contributed by atoms with E-state index in [-0.39, 0.29) is 0 Å². The summed E-state index contributed by atoms with van der Waals surface area (Å²) in [6, 6.07) is 12.9. The van der Waals surface area contributed by atoms with Crippen molar-refractivity contribution in [2.45, 2.75) is 17.6 Å². The molecule has 0 spiro atoms. The molecule has 0 atom stereocenters. The monoisotopic (exact) mass is 273 g/mol. The zero-order valence-corrected chi connectivity index (χ0v) is 11.4. The second-order valence-electron chi connectivity index (χ2n) is 4.29. The molecule has 0 aliphatic heterocycles. The van der Waals surface area contributed by atoms with Gasteiger partial charge in [0.1, 0.15) is 0 Å². The summed E-state index contributed by atoms with van der Waals surface area (Å²) in [6.45, 7) is 1.99. The molecular weight excluding hydrogens is 258 g/mol. The van der Waals surface area contributed by atoms with Crippen LogP contribution in [0.15, 0.2) is 47.4 Å².